The lowest BCUT2D eigenvalue weighted by molar-refractivity contribution is -0.131. The van der Waals surface area contributed by atoms with Crippen LogP contribution in [0.25, 0.3) is 0 Å². The number of piperazine rings is 1. The van der Waals surface area contributed by atoms with Crippen LogP contribution in [0.2, 0.25) is 0 Å². The highest BCUT2D eigenvalue weighted by atomic mass is 16.5. The normalized spacial score (nSPS) is 17.4. The SMILES string of the molecule is COc1ccc(CN=C(NCC(=O)N(C)C)N2CCN(CC(=O)N3CCCC3)CC2)cc1. The van der Waals surface area contributed by atoms with Crippen molar-refractivity contribution in [1.29, 1.82) is 0 Å². The van der Waals surface area contributed by atoms with Crippen LogP contribution in [0.3, 0.4) is 0 Å². The van der Waals surface area contributed by atoms with Crippen molar-refractivity contribution in [2.75, 3.05) is 73.6 Å². The number of likely N-dealkylation sites (tertiary alicyclic amines) is 1. The smallest absolute Gasteiger partial charge is 0.241 e. The van der Waals surface area contributed by atoms with Crippen LogP contribution in [0.1, 0.15) is 18.4 Å². The molecule has 2 aliphatic heterocycles. The number of hydrogen-bond acceptors (Lipinski definition) is 5. The van der Waals surface area contributed by atoms with Crippen LogP contribution >= 0.6 is 0 Å². The van der Waals surface area contributed by atoms with Gasteiger partial charge in [0.05, 0.1) is 26.7 Å². The number of benzene rings is 1. The average Bonchev–Trinajstić information content (AvgIpc) is 3.35. The van der Waals surface area contributed by atoms with Gasteiger partial charge in [-0.05, 0) is 30.5 Å². The Morgan fingerprint density at radius 3 is 2.25 bits per heavy atom. The maximum Gasteiger partial charge on any atom is 0.241 e. The van der Waals surface area contributed by atoms with E-state index in [4.69, 9.17) is 9.73 Å². The molecule has 9 nitrogen and oxygen atoms in total. The maximum atomic E-state index is 12.5. The third-order valence-electron chi connectivity index (χ3n) is 5.96. The van der Waals surface area contributed by atoms with Gasteiger partial charge in [0.2, 0.25) is 11.8 Å². The van der Waals surface area contributed by atoms with E-state index in [1.807, 2.05) is 29.2 Å². The molecule has 2 fully saturated rings. The van der Waals surface area contributed by atoms with E-state index < -0.39 is 0 Å². The van der Waals surface area contributed by atoms with E-state index in [9.17, 15) is 9.59 Å². The van der Waals surface area contributed by atoms with Gasteiger partial charge < -0.3 is 24.8 Å². The predicted molar refractivity (Wildman–Crippen MR) is 125 cm³/mol. The Bertz CT molecular complexity index is 781. The second-order valence-corrected chi connectivity index (χ2v) is 8.48. The van der Waals surface area contributed by atoms with Gasteiger partial charge in [0.15, 0.2) is 5.96 Å². The number of likely N-dealkylation sites (N-methyl/N-ethyl adjacent to an activating group) is 1. The number of hydrogen-bond donors (Lipinski definition) is 1. The molecule has 0 atom stereocenters. The summed E-state index contributed by atoms with van der Waals surface area (Å²) in [5.41, 5.74) is 1.07. The molecule has 1 aromatic carbocycles. The zero-order chi connectivity index (χ0) is 22.9. The molecule has 1 N–H and O–H groups in total. The van der Waals surface area contributed by atoms with Gasteiger partial charge in [-0.2, -0.15) is 0 Å². The summed E-state index contributed by atoms with van der Waals surface area (Å²) in [7, 11) is 5.14. The molecule has 0 aliphatic carbocycles. The first kappa shape index (κ1) is 23.8. The molecule has 0 spiro atoms. The van der Waals surface area contributed by atoms with Crippen LogP contribution in [0.4, 0.5) is 0 Å². The van der Waals surface area contributed by atoms with Crippen molar-refractivity contribution in [2.24, 2.45) is 4.99 Å². The lowest BCUT2D eigenvalue weighted by Gasteiger charge is -2.36. The van der Waals surface area contributed by atoms with Crippen molar-refractivity contribution in [3.8, 4) is 5.75 Å². The van der Waals surface area contributed by atoms with E-state index >= 15 is 0 Å². The van der Waals surface area contributed by atoms with Crippen molar-refractivity contribution in [1.82, 2.24) is 24.9 Å². The summed E-state index contributed by atoms with van der Waals surface area (Å²) in [6, 6.07) is 7.83. The molecule has 2 aliphatic rings. The van der Waals surface area contributed by atoms with E-state index in [2.05, 4.69) is 15.1 Å². The summed E-state index contributed by atoms with van der Waals surface area (Å²) in [4.78, 5) is 37.3. The van der Waals surface area contributed by atoms with Crippen molar-refractivity contribution < 1.29 is 14.3 Å². The first-order valence-electron chi connectivity index (χ1n) is 11.3. The Balaban J connectivity index is 1.58. The molecule has 32 heavy (non-hydrogen) atoms. The molecule has 3 rings (SSSR count). The molecule has 0 unspecified atom stereocenters. The molecular weight excluding hydrogens is 408 g/mol. The number of ether oxygens (including phenoxy) is 1. The zero-order valence-electron chi connectivity index (χ0n) is 19.5. The highest BCUT2D eigenvalue weighted by molar-refractivity contribution is 5.86. The quantitative estimate of drug-likeness (QED) is 0.487. The van der Waals surface area contributed by atoms with E-state index in [-0.39, 0.29) is 18.4 Å². The minimum Gasteiger partial charge on any atom is -0.497 e. The summed E-state index contributed by atoms with van der Waals surface area (Å²) in [5.74, 6) is 1.77. The van der Waals surface area contributed by atoms with Crippen molar-refractivity contribution in [3.63, 3.8) is 0 Å². The average molecular weight is 445 g/mol. The molecular formula is C23H36N6O3. The maximum absolute atomic E-state index is 12.5. The van der Waals surface area contributed by atoms with Crippen LogP contribution in [0.5, 0.6) is 5.75 Å². The molecule has 0 bridgehead atoms. The number of rotatable bonds is 7. The van der Waals surface area contributed by atoms with Crippen LogP contribution in [-0.2, 0) is 16.1 Å². The molecule has 2 heterocycles. The minimum absolute atomic E-state index is 0.00278. The van der Waals surface area contributed by atoms with Gasteiger partial charge in [-0.25, -0.2) is 4.99 Å². The highest BCUT2D eigenvalue weighted by Crippen LogP contribution is 2.13. The number of aliphatic imine (C=N–C) groups is 1. The monoisotopic (exact) mass is 444 g/mol. The van der Waals surface area contributed by atoms with Gasteiger partial charge in [-0.3, -0.25) is 14.5 Å². The third kappa shape index (κ3) is 6.85. The van der Waals surface area contributed by atoms with Crippen LogP contribution < -0.4 is 10.1 Å². The molecule has 2 saturated heterocycles. The number of nitrogens with zero attached hydrogens (tertiary/aromatic N) is 5. The molecule has 0 saturated carbocycles. The van der Waals surface area contributed by atoms with Crippen molar-refractivity contribution in [2.45, 2.75) is 19.4 Å². The summed E-state index contributed by atoms with van der Waals surface area (Å²) in [5, 5.41) is 3.23. The van der Waals surface area contributed by atoms with Gasteiger partial charge in [0.25, 0.3) is 0 Å². The van der Waals surface area contributed by atoms with Gasteiger partial charge in [-0.1, -0.05) is 12.1 Å². The Labute approximate surface area is 191 Å². The van der Waals surface area contributed by atoms with E-state index in [0.29, 0.717) is 13.1 Å². The number of carbonyl (C=O) groups is 2. The number of guanidine groups is 1. The minimum atomic E-state index is -0.00278. The van der Waals surface area contributed by atoms with Crippen molar-refractivity contribution >= 4 is 17.8 Å². The van der Waals surface area contributed by atoms with Crippen molar-refractivity contribution in [3.05, 3.63) is 29.8 Å². The number of carbonyl (C=O) groups excluding carboxylic acids is 2. The predicted octanol–water partition coefficient (Wildman–Crippen LogP) is 0.469. The lowest BCUT2D eigenvalue weighted by Crippen LogP contribution is -2.55. The topological polar surface area (TPSA) is 80.7 Å². The summed E-state index contributed by atoms with van der Waals surface area (Å²) >= 11 is 0. The Morgan fingerprint density at radius 1 is 1.00 bits per heavy atom. The second kappa shape index (κ2) is 11.7. The Morgan fingerprint density at radius 2 is 1.66 bits per heavy atom. The van der Waals surface area contributed by atoms with Crippen LogP contribution in [-0.4, -0.2) is 111 Å². The molecule has 176 valence electrons. The summed E-state index contributed by atoms with van der Waals surface area (Å²) in [6.45, 7) is 6.09. The molecule has 1 aromatic rings. The first-order valence-corrected chi connectivity index (χ1v) is 11.3. The molecule has 9 heteroatoms. The van der Waals surface area contributed by atoms with E-state index in [1.165, 1.54) is 0 Å². The van der Waals surface area contributed by atoms with Crippen LogP contribution in [0, 0.1) is 0 Å². The van der Waals surface area contributed by atoms with E-state index in [1.54, 1.807) is 26.1 Å². The van der Waals surface area contributed by atoms with E-state index in [0.717, 1.165) is 69.4 Å². The first-order chi connectivity index (χ1) is 15.5. The molecule has 0 radical (unpaired) electrons. The highest BCUT2D eigenvalue weighted by Gasteiger charge is 2.25. The Kier molecular flexibility index (Phi) is 8.72. The largest absolute Gasteiger partial charge is 0.497 e. The summed E-state index contributed by atoms with van der Waals surface area (Å²) < 4.78 is 5.22. The van der Waals surface area contributed by atoms with Crippen LogP contribution in [0.15, 0.2) is 29.3 Å². The third-order valence-corrected chi connectivity index (χ3v) is 5.96. The zero-order valence-corrected chi connectivity index (χ0v) is 19.5. The number of amides is 2. The summed E-state index contributed by atoms with van der Waals surface area (Å²) in [6.07, 6.45) is 2.23. The number of methoxy groups -OCH3 is 1. The second-order valence-electron chi connectivity index (χ2n) is 8.48. The molecule has 2 amide bonds. The fourth-order valence-corrected chi connectivity index (χ4v) is 3.85. The van der Waals surface area contributed by atoms with Gasteiger partial charge >= 0.3 is 0 Å². The van der Waals surface area contributed by atoms with Gasteiger partial charge in [0, 0.05) is 53.4 Å². The number of nitrogens with one attached hydrogen (secondary N) is 1. The molecule has 0 aromatic heterocycles. The lowest BCUT2D eigenvalue weighted by atomic mass is 10.2. The fraction of sp³-hybridized carbons (Fsp3) is 0.609. The van der Waals surface area contributed by atoms with Gasteiger partial charge in [0.1, 0.15) is 5.75 Å². The van der Waals surface area contributed by atoms with Gasteiger partial charge in [-0.15, -0.1) is 0 Å². The Hall–Kier alpha value is -2.81. The fourth-order valence-electron chi connectivity index (χ4n) is 3.85. The standard InChI is InChI=1S/C23H36N6O3/c1-26(2)21(30)17-25-23(24-16-19-6-8-20(32-3)9-7-19)29-14-12-27(13-15-29)18-22(31)28-10-4-5-11-28/h6-9H,4-5,10-18H2,1-3H3,(H,24,25).